The number of para-hydroxylation sites is 2. The van der Waals surface area contributed by atoms with Gasteiger partial charge in [0.05, 0.1) is 18.2 Å². The molecule has 0 heterocycles. The van der Waals surface area contributed by atoms with Crippen LogP contribution in [0.4, 0.5) is 5.69 Å². The van der Waals surface area contributed by atoms with Gasteiger partial charge in [0, 0.05) is 5.56 Å². The van der Waals surface area contributed by atoms with Gasteiger partial charge in [0.25, 0.3) is 5.91 Å². The fraction of sp³-hybridized carbons (Fsp3) is 0.333. The lowest BCUT2D eigenvalue weighted by Gasteiger charge is -2.23. The summed E-state index contributed by atoms with van der Waals surface area (Å²) in [6, 6.07) is 16.4. The standard InChI is InChI=1S/C24H25NO4/c1-2-28-21-11-7-6-10-20(21)25-23(26)22(17-8-4-3-5-9-17)29-24(27)19-15-16-12-13-18(19)14-16/h3-13,16,18-19,22H,2,14-15H2,1H3,(H,25,26)/t16-,18-,19+,22-/m0/s1. The van der Waals surface area contributed by atoms with Crippen LogP contribution >= 0.6 is 0 Å². The first-order valence-corrected chi connectivity index (χ1v) is 10.1. The van der Waals surface area contributed by atoms with Crippen LogP contribution in [0.3, 0.4) is 0 Å². The highest BCUT2D eigenvalue weighted by Gasteiger charge is 2.42. The number of fused-ring (bicyclic) bond motifs is 2. The van der Waals surface area contributed by atoms with Gasteiger partial charge in [-0.3, -0.25) is 9.59 Å². The molecule has 2 aliphatic carbocycles. The SMILES string of the molecule is CCOc1ccccc1NC(=O)[C@@H](OC(=O)[C@@H]1C[C@H]2C=C[C@H]1C2)c1ccccc1. The summed E-state index contributed by atoms with van der Waals surface area (Å²) in [5, 5.41) is 2.87. The predicted octanol–water partition coefficient (Wildman–Crippen LogP) is 4.52. The van der Waals surface area contributed by atoms with Crippen molar-refractivity contribution in [1.29, 1.82) is 0 Å². The predicted molar refractivity (Wildman–Crippen MR) is 110 cm³/mol. The summed E-state index contributed by atoms with van der Waals surface area (Å²) in [4.78, 5) is 26.0. The van der Waals surface area contributed by atoms with Crippen LogP contribution in [0.1, 0.15) is 31.4 Å². The molecule has 29 heavy (non-hydrogen) atoms. The molecule has 2 bridgehead atoms. The highest BCUT2D eigenvalue weighted by molar-refractivity contribution is 5.97. The van der Waals surface area contributed by atoms with Gasteiger partial charge in [0.1, 0.15) is 5.75 Å². The number of carbonyl (C=O) groups excluding carboxylic acids is 2. The number of hydrogen-bond donors (Lipinski definition) is 1. The zero-order valence-electron chi connectivity index (χ0n) is 16.4. The molecule has 4 rings (SSSR count). The molecule has 1 saturated carbocycles. The zero-order chi connectivity index (χ0) is 20.2. The van der Waals surface area contributed by atoms with Crippen LogP contribution in [0.2, 0.25) is 0 Å². The van der Waals surface area contributed by atoms with E-state index in [4.69, 9.17) is 9.47 Å². The summed E-state index contributed by atoms with van der Waals surface area (Å²) >= 11 is 0. The van der Waals surface area contributed by atoms with Gasteiger partial charge >= 0.3 is 5.97 Å². The van der Waals surface area contributed by atoms with E-state index in [1.807, 2.05) is 37.3 Å². The molecule has 0 spiro atoms. The van der Waals surface area contributed by atoms with Crippen molar-refractivity contribution in [3.8, 4) is 5.75 Å². The number of benzene rings is 2. The van der Waals surface area contributed by atoms with Crippen LogP contribution in [0, 0.1) is 17.8 Å². The number of esters is 1. The number of rotatable bonds is 7. The van der Waals surface area contributed by atoms with Crippen molar-refractivity contribution >= 4 is 17.6 Å². The maximum Gasteiger partial charge on any atom is 0.310 e. The molecule has 2 aromatic rings. The third-order valence-corrected chi connectivity index (χ3v) is 5.60. The van der Waals surface area contributed by atoms with E-state index >= 15 is 0 Å². The summed E-state index contributed by atoms with van der Waals surface area (Å²) in [7, 11) is 0. The molecule has 1 fully saturated rings. The molecular formula is C24H25NO4. The minimum Gasteiger partial charge on any atom is -0.492 e. The Bertz CT molecular complexity index is 908. The van der Waals surface area contributed by atoms with E-state index in [0.29, 0.717) is 29.5 Å². The van der Waals surface area contributed by atoms with E-state index in [1.54, 1.807) is 24.3 Å². The van der Waals surface area contributed by atoms with E-state index in [0.717, 1.165) is 12.8 Å². The molecule has 5 heteroatoms. The second-order valence-corrected chi connectivity index (χ2v) is 7.53. The van der Waals surface area contributed by atoms with Gasteiger partial charge in [-0.2, -0.15) is 0 Å². The van der Waals surface area contributed by atoms with Crippen molar-refractivity contribution in [2.24, 2.45) is 17.8 Å². The molecule has 1 amide bonds. The monoisotopic (exact) mass is 391 g/mol. The topological polar surface area (TPSA) is 64.6 Å². The lowest BCUT2D eigenvalue weighted by atomic mass is 9.93. The lowest BCUT2D eigenvalue weighted by molar-refractivity contribution is -0.159. The Labute approximate surface area is 170 Å². The first kappa shape index (κ1) is 19.2. The molecule has 0 radical (unpaired) electrons. The number of ether oxygens (including phenoxy) is 2. The largest absolute Gasteiger partial charge is 0.492 e. The van der Waals surface area contributed by atoms with E-state index < -0.39 is 12.0 Å². The highest BCUT2D eigenvalue weighted by atomic mass is 16.5. The number of hydrogen-bond acceptors (Lipinski definition) is 4. The van der Waals surface area contributed by atoms with E-state index in [9.17, 15) is 9.59 Å². The fourth-order valence-electron chi connectivity index (χ4n) is 4.21. The Kier molecular flexibility index (Phi) is 5.65. The molecule has 4 atom stereocenters. The van der Waals surface area contributed by atoms with Crippen LogP contribution in [0.25, 0.3) is 0 Å². The van der Waals surface area contributed by atoms with Crippen LogP contribution in [-0.4, -0.2) is 18.5 Å². The number of nitrogens with one attached hydrogen (secondary N) is 1. The third-order valence-electron chi connectivity index (χ3n) is 5.60. The molecule has 2 aromatic carbocycles. The first-order chi connectivity index (χ1) is 14.2. The van der Waals surface area contributed by atoms with Crippen LogP contribution in [-0.2, 0) is 14.3 Å². The fourth-order valence-corrected chi connectivity index (χ4v) is 4.21. The third kappa shape index (κ3) is 4.19. The first-order valence-electron chi connectivity index (χ1n) is 10.1. The van der Waals surface area contributed by atoms with Crippen molar-refractivity contribution in [3.63, 3.8) is 0 Å². The Hall–Kier alpha value is -3.08. The second-order valence-electron chi connectivity index (χ2n) is 7.53. The normalized spacial score (nSPS) is 22.9. The molecule has 0 aromatic heterocycles. The van der Waals surface area contributed by atoms with Gasteiger partial charge in [-0.05, 0) is 43.7 Å². The molecular weight excluding hydrogens is 366 g/mol. The number of anilines is 1. The molecule has 0 saturated heterocycles. The molecule has 5 nitrogen and oxygen atoms in total. The summed E-state index contributed by atoms with van der Waals surface area (Å²) in [5.74, 6) is 0.407. The molecule has 1 N–H and O–H groups in total. The zero-order valence-corrected chi connectivity index (χ0v) is 16.4. The van der Waals surface area contributed by atoms with Gasteiger partial charge in [-0.1, -0.05) is 54.6 Å². The Balaban J connectivity index is 1.54. The highest BCUT2D eigenvalue weighted by Crippen LogP contribution is 2.44. The Morgan fingerprint density at radius 2 is 1.79 bits per heavy atom. The minimum atomic E-state index is -1.01. The Morgan fingerprint density at radius 1 is 1.03 bits per heavy atom. The van der Waals surface area contributed by atoms with Gasteiger partial charge in [-0.15, -0.1) is 0 Å². The molecule has 0 aliphatic heterocycles. The van der Waals surface area contributed by atoms with Crippen molar-refractivity contribution < 1.29 is 19.1 Å². The van der Waals surface area contributed by atoms with Gasteiger partial charge in [0.15, 0.2) is 0 Å². The number of allylic oxidation sites excluding steroid dienone is 2. The van der Waals surface area contributed by atoms with Crippen LogP contribution in [0.15, 0.2) is 66.7 Å². The molecule has 0 unspecified atom stereocenters. The van der Waals surface area contributed by atoms with E-state index in [2.05, 4.69) is 17.5 Å². The lowest BCUT2D eigenvalue weighted by Crippen LogP contribution is -2.30. The Morgan fingerprint density at radius 3 is 2.48 bits per heavy atom. The minimum absolute atomic E-state index is 0.167. The summed E-state index contributed by atoms with van der Waals surface area (Å²) in [6.45, 7) is 2.37. The van der Waals surface area contributed by atoms with Gasteiger partial charge in [-0.25, -0.2) is 0 Å². The maximum atomic E-state index is 13.1. The number of amides is 1. The average Bonchev–Trinajstić information content (AvgIpc) is 3.38. The second kappa shape index (κ2) is 8.52. The molecule has 2 aliphatic rings. The average molecular weight is 391 g/mol. The van der Waals surface area contributed by atoms with Crippen LogP contribution < -0.4 is 10.1 Å². The van der Waals surface area contributed by atoms with Crippen molar-refractivity contribution in [2.45, 2.75) is 25.9 Å². The summed E-state index contributed by atoms with van der Waals surface area (Å²) < 4.78 is 11.4. The quantitative estimate of drug-likeness (QED) is 0.557. The van der Waals surface area contributed by atoms with E-state index in [-0.39, 0.29) is 17.8 Å². The smallest absolute Gasteiger partial charge is 0.310 e. The molecule has 150 valence electrons. The van der Waals surface area contributed by atoms with Gasteiger partial charge < -0.3 is 14.8 Å². The number of carbonyl (C=O) groups is 2. The van der Waals surface area contributed by atoms with Crippen LogP contribution in [0.5, 0.6) is 5.75 Å². The maximum absolute atomic E-state index is 13.1. The summed E-state index contributed by atoms with van der Waals surface area (Å²) in [5.41, 5.74) is 1.20. The summed E-state index contributed by atoms with van der Waals surface area (Å²) in [6.07, 6.45) is 5.08. The van der Waals surface area contributed by atoms with Crippen molar-refractivity contribution in [2.75, 3.05) is 11.9 Å². The van der Waals surface area contributed by atoms with Gasteiger partial charge in [0.2, 0.25) is 6.10 Å². The van der Waals surface area contributed by atoms with Crippen molar-refractivity contribution in [3.05, 3.63) is 72.3 Å². The van der Waals surface area contributed by atoms with E-state index in [1.165, 1.54) is 0 Å². The van der Waals surface area contributed by atoms with Crippen molar-refractivity contribution in [1.82, 2.24) is 0 Å².